The number of hydrogen-bond donors (Lipinski definition) is 2. The van der Waals surface area contributed by atoms with Gasteiger partial charge in [0.25, 0.3) is 5.91 Å². The van der Waals surface area contributed by atoms with Crippen molar-refractivity contribution in [3.05, 3.63) is 52.2 Å². The third-order valence-corrected chi connectivity index (χ3v) is 3.07. The van der Waals surface area contributed by atoms with E-state index in [1.54, 1.807) is 18.2 Å². The maximum Gasteiger partial charge on any atom is 0.258 e. The highest BCUT2D eigenvalue weighted by atomic mass is 35.5. The van der Waals surface area contributed by atoms with Crippen LogP contribution in [-0.4, -0.2) is 10.9 Å². The van der Waals surface area contributed by atoms with E-state index in [9.17, 15) is 4.79 Å². The summed E-state index contributed by atoms with van der Waals surface area (Å²) in [7, 11) is 0. The highest BCUT2D eigenvalue weighted by molar-refractivity contribution is 6.34. The van der Waals surface area contributed by atoms with Gasteiger partial charge in [-0.15, -0.1) is 0 Å². The summed E-state index contributed by atoms with van der Waals surface area (Å²) < 4.78 is 0. The Kier molecular flexibility index (Phi) is 3.71. The van der Waals surface area contributed by atoms with Crippen molar-refractivity contribution >= 4 is 29.0 Å². The zero-order chi connectivity index (χ0) is 14.0. The van der Waals surface area contributed by atoms with Crippen molar-refractivity contribution in [3.63, 3.8) is 0 Å². The first-order valence-corrected chi connectivity index (χ1v) is 6.15. The number of nitrogens with one attached hydrogen (secondary N) is 1. The highest BCUT2D eigenvalue weighted by Gasteiger charge is 2.11. The molecular weight excluding hydrogens is 262 g/mol. The number of hydrogen-bond acceptors (Lipinski definition) is 3. The van der Waals surface area contributed by atoms with Crippen LogP contribution in [0.3, 0.4) is 0 Å². The minimum absolute atomic E-state index is 0.290. The smallest absolute Gasteiger partial charge is 0.258 e. The van der Waals surface area contributed by atoms with Gasteiger partial charge in [0.15, 0.2) is 0 Å². The molecule has 0 saturated carbocycles. The summed E-state index contributed by atoms with van der Waals surface area (Å²) in [6.45, 7) is 3.77. The molecule has 1 heterocycles. The monoisotopic (exact) mass is 275 g/mol. The SMILES string of the molecule is Cc1ccc(C(=O)Nc2cc(C)c(N)cn2)c(Cl)c1. The van der Waals surface area contributed by atoms with Gasteiger partial charge in [0, 0.05) is 0 Å². The van der Waals surface area contributed by atoms with Crippen LogP contribution in [-0.2, 0) is 0 Å². The second kappa shape index (κ2) is 5.28. The van der Waals surface area contributed by atoms with E-state index < -0.39 is 0 Å². The lowest BCUT2D eigenvalue weighted by Gasteiger charge is -2.08. The number of nitrogens with zero attached hydrogens (tertiary/aromatic N) is 1. The average Bonchev–Trinajstić information content (AvgIpc) is 2.33. The van der Waals surface area contributed by atoms with E-state index in [1.807, 2.05) is 19.9 Å². The number of aryl methyl sites for hydroxylation is 2. The standard InChI is InChI=1S/C14H14ClN3O/c1-8-3-4-10(11(15)5-8)14(19)18-13-6-9(2)12(16)7-17-13/h3-7H,16H2,1-2H3,(H,17,18,19). The molecule has 4 nitrogen and oxygen atoms in total. The van der Waals surface area contributed by atoms with E-state index in [2.05, 4.69) is 10.3 Å². The number of nitrogen functional groups attached to an aromatic ring is 1. The van der Waals surface area contributed by atoms with Crippen molar-refractivity contribution in [1.82, 2.24) is 4.98 Å². The number of halogens is 1. The quantitative estimate of drug-likeness (QED) is 0.884. The second-order valence-corrected chi connectivity index (χ2v) is 4.77. The lowest BCUT2D eigenvalue weighted by atomic mass is 10.1. The molecule has 98 valence electrons. The molecule has 1 amide bonds. The summed E-state index contributed by atoms with van der Waals surface area (Å²) in [5.41, 5.74) is 8.55. The van der Waals surface area contributed by atoms with E-state index in [1.165, 1.54) is 6.20 Å². The number of amides is 1. The number of nitrogens with two attached hydrogens (primary N) is 1. The molecule has 0 fully saturated rings. The molecule has 0 aliphatic carbocycles. The Labute approximate surface area is 116 Å². The van der Waals surface area contributed by atoms with Crippen LogP contribution in [0.2, 0.25) is 5.02 Å². The lowest BCUT2D eigenvalue weighted by molar-refractivity contribution is 0.102. The van der Waals surface area contributed by atoms with Crippen LogP contribution in [0.1, 0.15) is 21.5 Å². The average molecular weight is 276 g/mol. The number of aromatic nitrogens is 1. The van der Waals surface area contributed by atoms with Gasteiger partial charge in [-0.3, -0.25) is 4.79 Å². The molecule has 0 aliphatic heterocycles. The molecule has 0 radical (unpaired) electrons. The maximum absolute atomic E-state index is 12.1. The number of carbonyl (C=O) groups is 1. The molecule has 1 aromatic carbocycles. The van der Waals surface area contributed by atoms with E-state index in [0.29, 0.717) is 22.1 Å². The normalized spacial score (nSPS) is 10.3. The van der Waals surface area contributed by atoms with Gasteiger partial charge < -0.3 is 11.1 Å². The van der Waals surface area contributed by atoms with Crippen molar-refractivity contribution in [3.8, 4) is 0 Å². The first kappa shape index (κ1) is 13.4. The number of benzene rings is 1. The first-order valence-electron chi connectivity index (χ1n) is 5.77. The summed E-state index contributed by atoms with van der Waals surface area (Å²) in [6.07, 6.45) is 1.52. The Morgan fingerprint density at radius 3 is 2.68 bits per heavy atom. The molecule has 0 aliphatic rings. The fourth-order valence-electron chi connectivity index (χ4n) is 1.62. The third-order valence-electron chi connectivity index (χ3n) is 2.76. The minimum atomic E-state index is -0.290. The van der Waals surface area contributed by atoms with Gasteiger partial charge in [-0.05, 0) is 43.2 Å². The van der Waals surface area contributed by atoms with Crippen LogP contribution in [0.25, 0.3) is 0 Å². The molecule has 0 bridgehead atoms. The molecule has 0 unspecified atom stereocenters. The van der Waals surface area contributed by atoms with Crippen LogP contribution >= 0.6 is 11.6 Å². The minimum Gasteiger partial charge on any atom is -0.397 e. The predicted molar refractivity (Wildman–Crippen MR) is 77.5 cm³/mol. The number of carbonyl (C=O) groups excluding carboxylic acids is 1. The third kappa shape index (κ3) is 3.03. The summed E-state index contributed by atoms with van der Waals surface area (Å²) in [4.78, 5) is 16.1. The summed E-state index contributed by atoms with van der Waals surface area (Å²) in [5, 5.41) is 3.12. The lowest BCUT2D eigenvalue weighted by Crippen LogP contribution is -2.14. The van der Waals surface area contributed by atoms with E-state index in [0.717, 1.165) is 11.1 Å². The van der Waals surface area contributed by atoms with E-state index in [4.69, 9.17) is 17.3 Å². The Morgan fingerprint density at radius 2 is 2.05 bits per heavy atom. The van der Waals surface area contributed by atoms with Gasteiger partial charge in [0.2, 0.25) is 0 Å². The van der Waals surface area contributed by atoms with Crippen molar-refractivity contribution < 1.29 is 4.79 Å². The predicted octanol–water partition coefficient (Wildman–Crippen LogP) is 3.19. The topological polar surface area (TPSA) is 68.0 Å². The van der Waals surface area contributed by atoms with Gasteiger partial charge in [-0.25, -0.2) is 4.98 Å². The van der Waals surface area contributed by atoms with Crippen molar-refractivity contribution in [1.29, 1.82) is 0 Å². The van der Waals surface area contributed by atoms with Crippen molar-refractivity contribution in [2.24, 2.45) is 0 Å². The van der Waals surface area contributed by atoms with Gasteiger partial charge in [0.05, 0.1) is 22.5 Å². The van der Waals surface area contributed by atoms with Crippen LogP contribution in [0.4, 0.5) is 11.5 Å². The number of pyridine rings is 1. The second-order valence-electron chi connectivity index (χ2n) is 4.36. The fraction of sp³-hybridized carbons (Fsp3) is 0.143. The molecular formula is C14H14ClN3O. The summed E-state index contributed by atoms with van der Waals surface area (Å²) in [6, 6.07) is 6.99. The van der Waals surface area contributed by atoms with Crippen LogP contribution in [0.15, 0.2) is 30.5 Å². The Morgan fingerprint density at radius 1 is 1.32 bits per heavy atom. The Hall–Kier alpha value is -2.07. The van der Waals surface area contributed by atoms with Gasteiger partial charge in [0.1, 0.15) is 5.82 Å². The van der Waals surface area contributed by atoms with Crippen LogP contribution < -0.4 is 11.1 Å². The largest absolute Gasteiger partial charge is 0.397 e. The van der Waals surface area contributed by atoms with E-state index in [-0.39, 0.29) is 5.91 Å². The first-order chi connectivity index (χ1) is 8.97. The highest BCUT2D eigenvalue weighted by Crippen LogP contribution is 2.19. The van der Waals surface area contributed by atoms with Crippen LogP contribution in [0.5, 0.6) is 0 Å². The number of anilines is 2. The van der Waals surface area contributed by atoms with Crippen LogP contribution in [0, 0.1) is 13.8 Å². The van der Waals surface area contributed by atoms with E-state index >= 15 is 0 Å². The molecule has 0 atom stereocenters. The molecule has 2 rings (SSSR count). The zero-order valence-corrected chi connectivity index (χ0v) is 11.5. The molecule has 19 heavy (non-hydrogen) atoms. The molecule has 1 aromatic heterocycles. The maximum atomic E-state index is 12.1. The number of rotatable bonds is 2. The summed E-state index contributed by atoms with van der Waals surface area (Å²) >= 11 is 6.05. The van der Waals surface area contributed by atoms with Gasteiger partial charge in [-0.1, -0.05) is 17.7 Å². The molecule has 0 saturated heterocycles. The Bertz CT molecular complexity index is 641. The molecule has 0 spiro atoms. The molecule has 2 aromatic rings. The van der Waals surface area contributed by atoms with Crippen molar-refractivity contribution in [2.45, 2.75) is 13.8 Å². The Balaban J connectivity index is 2.23. The van der Waals surface area contributed by atoms with Gasteiger partial charge in [-0.2, -0.15) is 0 Å². The zero-order valence-electron chi connectivity index (χ0n) is 10.7. The summed E-state index contributed by atoms with van der Waals surface area (Å²) in [5.74, 6) is 0.162. The van der Waals surface area contributed by atoms with Gasteiger partial charge >= 0.3 is 0 Å². The molecule has 5 heteroatoms. The van der Waals surface area contributed by atoms with Crippen molar-refractivity contribution in [2.75, 3.05) is 11.1 Å². The fourth-order valence-corrected chi connectivity index (χ4v) is 1.94. The molecule has 3 N–H and O–H groups in total.